The zero-order valence-corrected chi connectivity index (χ0v) is 12.8. The van der Waals surface area contributed by atoms with E-state index >= 15 is 0 Å². The standard InChI is InChI=1S/C10H24O3Si2/c1-10(11)13-15(5,6)9-7-8-12-14(2,3)4/h7-9H2,1-6H3. The molecule has 0 aliphatic heterocycles. The molecule has 0 aromatic heterocycles. The fourth-order valence-corrected chi connectivity index (χ4v) is 3.95. The van der Waals surface area contributed by atoms with E-state index in [9.17, 15) is 4.79 Å². The summed E-state index contributed by atoms with van der Waals surface area (Å²) < 4.78 is 11.1. The van der Waals surface area contributed by atoms with E-state index in [4.69, 9.17) is 8.85 Å². The summed E-state index contributed by atoms with van der Waals surface area (Å²) in [6.07, 6.45) is 0.997. The van der Waals surface area contributed by atoms with E-state index in [0.717, 1.165) is 19.1 Å². The van der Waals surface area contributed by atoms with Crippen LogP contribution in [0.3, 0.4) is 0 Å². The van der Waals surface area contributed by atoms with Crippen LogP contribution in [0.5, 0.6) is 0 Å². The van der Waals surface area contributed by atoms with Crippen molar-refractivity contribution in [1.82, 2.24) is 0 Å². The lowest BCUT2D eigenvalue weighted by atomic mass is 10.5. The molecule has 0 aromatic rings. The highest BCUT2D eigenvalue weighted by atomic mass is 28.4. The molecule has 0 aliphatic carbocycles. The zero-order chi connectivity index (χ0) is 12.1. The van der Waals surface area contributed by atoms with Crippen LogP contribution in [-0.4, -0.2) is 29.2 Å². The van der Waals surface area contributed by atoms with E-state index in [1.807, 2.05) is 0 Å². The van der Waals surface area contributed by atoms with Crippen LogP contribution in [0.1, 0.15) is 13.3 Å². The predicted molar refractivity (Wildman–Crippen MR) is 68.0 cm³/mol. The Kier molecular flexibility index (Phi) is 5.76. The lowest BCUT2D eigenvalue weighted by Crippen LogP contribution is -2.33. The van der Waals surface area contributed by atoms with Crippen LogP contribution in [0, 0.1) is 0 Å². The fourth-order valence-electron chi connectivity index (χ4n) is 1.32. The fraction of sp³-hybridized carbons (Fsp3) is 0.900. The van der Waals surface area contributed by atoms with Gasteiger partial charge in [-0.1, -0.05) is 0 Å². The molecular weight excluding hydrogens is 224 g/mol. The summed E-state index contributed by atoms with van der Waals surface area (Å²) in [6, 6.07) is 0.983. The molecule has 0 saturated carbocycles. The highest BCUT2D eigenvalue weighted by Crippen LogP contribution is 2.15. The van der Waals surface area contributed by atoms with Gasteiger partial charge in [-0.3, -0.25) is 4.79 Å². The third kappa shape index (κ3) is 10.2. The molecule has 90 valence electrons. The van der Waals surface area contributed by atoms with Gasteiger partial charge in [-0.05, 0) is 45.2 Å². The quantitative estimate of drug-likeness (QED) is 0.535. The maximum absolute atomic E-state index is 10.8. The van der Waals surface area contributed by atoms with E-state index < -0.39 is 16.6 Å². The second-order valence-electron chi connectivity index (χ2n) is 5.42. The smallest absolute Gasteiger partial charge is 0.289 e. The summed E-state index contributed by atoms with van der Waals surface area (Å²) in [5.41, 5.74) is 0. The predicted octanol–water partition coefficient (Wildman–Crippen LogP) is 3.00. The Morgan fingerprint density at radius 3 is 2.07 bits per heavy atom. The number of hydrogen-bond acceptors (Lipinski definition) is 3. The molecular formula is C10H24O3Si2. The summed E-state index contributed by atoms with van der Waals surface area (Å²) in [6.45, 7) is 13.0. The van der Waals surface area contributed by atoms with Crippen molar-refractivity contribution in [2.24, 2.45) is 0 Å². The molecule has 3 nitrogen and oxygen atoms in total. The molecule has 0 fully saturated rings. The van der Waals surface area contributed by atoms with Gasteiger partial charge in [-0.25, -0.2) is 0 Å². The number of rotatable bonds is 6. The Hall–Kier alpha value is -0.136. The van der Waals surface area contributed by atoms with Gasteiger partial charge in [-0.15, -0.1) is 0 Å². The molecule has 0 heterocycles. The molecule has 0 spiro atoms. The Labute approximate surface area is 95.4 Å². The zero-order valence-electron chi connectivity index (χ0n) is 10.8. The van der Waals surface area contributed by atoms with Crippen LogP contribution in [0.15, 0.2) is 0 Å². The van der Waals surface area contributed by atoms with Crippen LogP contribution in [-0.2, 0) is 13.6 Å². The van der Waals surface area contributed by atoms with E-state index in [1.165, 1.54) is 6.92 Å². The van der Waals surface area contributed by atoms with Gasteiger partial charge in [0.25, 0.3) is 5.97 Å². The Balaban J connectivity index is 3.71. The van der Waals surface area contributed by atoms with Crippen molar-refractivity contribution in [2.75, 3.05) is 6.61 Å². The van der Waals surface area contributed by atoms with Crippen molar-refractivity contribution in [1.29, 1.82) is 0 Å². The Morgan fingerprint density at radius 1 is 1.13 bits per heavy atom. The van der Waals surface area contributed by atoms with Gasteiger partial charge in [0, 0.05) is 13.5 Å². The minimum absolute atomic E-state index is 0.155. The van der Waals surface area contributed by atoms with Gasteiger partial charge in [0.2, 0.25) is 8.32 Å². The van der Waals surface area contributed by atoms with Crippen LogP contribution >= 0.6 is 0 Å². The van der Waals surface area contributed by atoms with Crippen LogP contribution < -0.4 is 0 Å². The van der Waals surface area contributed by atoms with Gasteiger partial charge in [0.1, 0.15) is 0 Å². The second kappa shape index (κ2) is 5.81. The molecule has 0 rings (SSSR count). The Morgan fingerprint density at radius 2 is 1.67 bits per heavy atom. The monoisotopic (exact) mass is 248 g/mol. The minimum atomic E-state index is -1.78. The van der Waals surface area contributed by atoms with Gasteiger partial charge >= 0.3 is 0 Å². The summed E-state index contributed by atoms with van der Waals surface area (Å²) in [7, 11) is -3.15. The van der Waals surface area contributed by atoms with Crippen LogP contribution in [0.4, 0.5) is 0 Å². The van der Waals surface area contributed by atoms with Crippen molar-refractivity contribution >= 4 is 22.6 Å². The van der Waals surface area contributed by atoms with E-state index in [2.05, 4.69) is 32.7 Å². The average Bonchev–Trinajstić information content (AvgIpc) is 1.93. The molecule has 0 radical (unpaired) electrons. The highest BCUT2D eigenvalue weighted by Gasteiger charge is 2.25. The van der Waals surface area contributed by atoms with Gasteiger partial charge in [0.15, 0.2) is 8.32 Å². The molecule has 0 aliphatic rings. The topological polar surface area (TPSA) is 35.5 Å². The first-order valence-electron chi connectivity index (χ1n) is 5.46. The van der Waals surface area contributed by atoms with E-state index in [0.29, 0.717) is 0 Å². The van der Waals surface area contributed by atoms with Crippen LogP contribution in [0.25, 0.3) is 0 Å². The molecule has 15 heavy (non-hydrogen) atoms. The van der Waals surface area contributed by atoms with Gasteiger partial charge in [0.05, 0.1) is 0 Å². The number of hydrogen-bond donors (Lipinski definition) is 0. The summed E-state index contributed by atoms with van der Waals surface area (Å²) in [5, 5.41) is 0. The van der Waals surface area contributed by atoms with Crippen molar-refractivity contribution in [3.05, 3.63) is 0 Å². The molecule has 5 heteroatoms. The first kappa shape index (κ1) is 14.9. The largest absolute Gasteiger partial charge is 0.520 e. The van der Waals surface area contributed by atoms with Crippen molar-refractivity contribution in [3.8, 4) is 0 Å². The van der Waals surface area contributed by atoms with Crippen LogP contribution in [0.2, 0.25) is 38.8 Å². The first-order chi connectivity index (χ1) is 6.62. The number of carbonyl (C=O) groups excluding carboxylic acids is 1. The van der Waals surface area contributed by atoms with Crippen molar-refractivity contribution in [3.63, 3.8) is 0 Å². The maximum atomic E-state index is 10.8. The normalized spacial score (nSPS) is 12.7. The molecule has 0 bridgehead atoms. The van der Waals surface area contributed by atoms with Gasteiger partial charge in [-0.2, -0.15) is 0 Å². The van der Waals surface area contributed by atoms with Gasteiger partial charge < -0.3 is 8.85 Å². The van der Waals surface area contributed by atoms with E-state index in [1.54, 1.807) is 0 Å². The van der Waals surface area contributed by atoms with E-state index in [-0.39, 0.29) is 5.97 Å². The highest BCUT2D eigenvalue weighted by molar-refractivity contribution is 6.72. The molecule has 0 amide bonds. The molecule has 0 unspecified atom stereocenters. The molecule has 0 atom stereocenters. The third-order valence-electron chi connectivity index (χ3n) is 1.88. The average molecular weight is 248 g/mol. The first-order valence-corrected chi connectivity index (χ1v) is 12.0. The molecule has 0 N–H and O–H groups in total. The summed E-state index contributed by atoms with van der Waals surface area (Å²) in [4.78, 5) is 10.8. The lowest BCUT2D eigenvalue weighted by Gasteiger charge is -2.23. The summed E-state index contributed by atoms with van der Waals surface area (Å²) >= 11 is 0. The Bertz CT molecular complexity index is 209. The maximum Gasteiger partial charge on any atom is 0.289 e. The second-order valence-corrected chi connectivity index (χ2v) is 14.2. The minimum Gasteiger partial charge on any atom is -0.520 e. The summed E-state index contributed by atoms with van der Waals surface area (Å²) in [5.74, 6) is -0.155. The van der Waals surface area contributed by atoms with Crippen molar-refractivity contribution < 1.29 is 13.6 Å². The SMILES string of the molecule is CC(=O)O[Si](C)(C)CCCO[Si](C)(C)C. The molecule has 0 saturated heterocycles. The molecule has 0 aromatic carbocycles. The number of carbonyl (C=O) groups is 1. The third-order valence-corrected chi connectivity index (χ3v) is 5.35. The lowest BCUT2D eigenvalue weighted by molar-refractivity contribution is -0.132. The van der Waals surface area contributed by atoms with Crippen molar-refractivity contribution in [2.45, 2.75) is 52.1 Å².